The standard InChI is InChI=1S/C20H24N2O2S/c1-14-9-5-8-12-18(14)25(23,24)21-13-20(3,4)19-15(2)22-17-11-7-6-10-16(17)19/h5-12,21-22H,13H2,1-4H3. The summed E-state index contributed by atoms with van der Waals surface area (Å²) in [5.41, 5.74) is 3.69. The first-order valence-corrected chi connectivity index (χ1v) is 9.84. The van der Waals surface area contributed by atoms with Crippen molar-refractivity contribution in [3.63, 3.8) is 0 Å². The molecule has 25 heavy (non-hydrogen) atoms. The number of fused-ring (bicyclic) bond motifs is 1. The number of hydrogen-bond donors (Lipinski definition) is 2. The van der Waals surface area contributed by atoms with E-state index in [4.69, 9.17) is 0 Å². The van der Waals surface area contributed by atoms with E-state index in [1.165, 1.54) is 0 Å². The van der Waals surface area contributed by atoms with Crippen LogP contribution in [0.5, 0.6) is 0 Å². The van der Waals surface area contributed by atoms with Gasteiger partial charge in [-0.3, -0.25) is 0 Å². The maximum absolute atomic E-state index is 12.7. The Bertz CT molecular complexity index is 1020. The van der Waals surface area contributed by atoms with Crippen molar-refractivity contribution in [1.29, 1.82) is 0 Å². The number of aromatic amines is 1. The van der Waals surface area contributed by atoms with Gasteiger partial charge in [-0.05, 0) is 37.1 Å². The number of rotatable bonds is 5. The molecule has 0 unspecified atom stereocenters. The molecule has 1 aromatic heterocycles. The van der Waals surface area contributed by atoms with Crippen molar-refractivity contribution in [3.8, 4) is 0 Å². The quantitative estimate of drug-likeness (QED) is 0.725. The highest BCUT2D eigenvalue weighted by molar-refractivity contribution is 7.89. The first-order valence-electron chi connectivity index (χ1n) is 8.35. The van der Waals surface area contributed by atoms with Gasteiger partial charge in [-0.2, -0.15) is 0 Å². The van der Waals surface area contributed by atoms with Crippen LogP contribution in [0.4, 0.5) is 0 Å². The molecule has 0 saturated carbocycles. The fourth-order valence-electron chi connectivity index (χ4n) is 3.45. The number of para-hydroxylation sites is 1. The Hall–Kier alpha value is -2.11. The minimum atomic E-state index is -3.54. The molecule has 0 spiro atoms. The highest BCUT2D eigenvalue weighted by Crippen LogP contribution is 2.33. The van der Waals surface area contributed by atoms with Gasteiger partial charge in [0.25, 0.3) is 0 Å². The molecule has 0 atom stereocenters. The van der Waals surface area contributed by atoms with Crippen molar-refractivity contribution in [2.75, 3.05) is 6.54 Å². The van der Waals surface area contributed by atoms with Crippen molar-refractivity contribution >= 4 is 20.9 Å². The fraction of sp³-hybridized carbons (Fsp3) is 0.300. The van der Waals surface area contributed by atoms with Crippen LogP contribution in [0, 0.1) is 13.8 Å². The van der Waals surface area contributed by atoms with Crippen LogP contribution in [-0.4, -0.2) is 19.9 Å². The zero-order chi connectivity index (χ0) is 18.2. The molecule has 0 aliphatic heterocycles. The molecule has 3 aromatic rings. The molecule has 0 fully saturated rings. The predicted octanol–water partition coefficient (Wildman–Crippen LogP) is 4.04. The van der Waals surface area contributed by atoms with E-state index in [-0.39, 0.29) is 5.41 Å². The molecule has 2 aromatic carbocycles. The molecule has 2 N–H and O–H groups in total. The van der Waals surface area contributed by atoms with E-state index in [1.807, 2.05) is 44.2 Å². The number of H-pyrrole nitrogens is 1. The molecule has 1 heterocycles. The zero-order valence-electron chi connectivity index (χ0n) is 15.1. The Morgan fingerprint density at radius 1 is 1.00 bits per heavy atom. The first kappa shape index (κ1) is 17.7. The average Bonchev–Trinajstić information content (AvgIpc) is 2.90. The lowest BCUT2D eigenvalue weighted by molar-refractivity contribution is 0.502. The molecule has 3 rings (SSSR count). The van der Waals surface area contributed by atoms with Crippen LogP contribution in [0.1, 0.15) is 30.7 Å². The van der Waals surface area contributed by atoms with E-state index in [0.717, 1.165) is 27.7 Å². The molecule has 0 aliphatic carbocycles. The summed E-state index contributed by atoms with van der Waals surface area (Å²) in [6.45, 7) is 8.30. The lowest BCUT2D eigenvalue weighted by Gasteiger charge is -2.26. The Balaban J connectivity index is 1.91. The second-order valence-corrected chi connectivity index (χ2v) is 8.88. The monoisotopic (exact) mass is 356 g/mol. The SMILES string of the molecule is Cc1ccccc1S(=O)(=O)NCC(C)(C)c1c(C)[nH]c2ccccc12. The minimum Gasteiger partial charge on any atom is -0.358 e. The number of hydrogen-bond acceptors (Lipinski definition) is 2. The van der Waals surface area contributed by atoms with Crippen molar-refractivity contribution in [2.45, 2.75) is 38.0 Å². The highest BCUT2D eigenvalue weighted by Gasteiger charge is 2.29. The zero-order valence-corrected chi connectivity index (χ0v) is 15.9. The lowest BCUT2D eigenvalue weighted by Crippen LogP contribution is -2.37. The second-order valence-electron chi connectivity index (χ2n) is 7.14. The van der Waals surface area contributed by atoms with E-state index in [9.17, 15) is 8.42 Å². The third-order valence-electron chi connectivity index (χ3n) is 4.66. The Labute approximate surface area is 149 Å². The van der Waals surface area contributed by atoms with Crippen LogP contribution in [0.2, 0.25) is 0 Å². The molecule has 0 saturated heterocycles. The van der Waals surface area contributed by atoms with Gasteiger partial charge in [0.2, 0.25) is 10.0 Å². The van der Waals surface area contributed by atoms with E-state index in [0.29, 0.717) is 11.4 Å². The normalized spacial score (nSPS) is 12.6. The van der Waals surface area contributed by atoms with Gasteiger partial charge < -0.3 is 4.98 Å². The van der Waals surface area contributed by atoms with E-state index in [1.54, 1.807) is 12.1 Å². The number of aryl methyl sites for hydroxylation is 2. The van der Waals surface area contributed by atoms with Gasteiger partial charge in [0.05, 0.1) is 4.90 Å². The molecule has 0 aliphatic rings. The molecule has 4 nitrogen and oxygen atoms in total. The lowest BCUT2D eigenvalue weighted by atomic mass is 9.83. The molecule has 0 amide bonds. The number of benzene rings is 2. The predicted molar refractivity (Wildman–Crippen MR) is 102 cm³/mol. The average molecular weight is 356 g/mol. The van der Waals surface area contributed by atoms with E-state index in [2.05, 4.69) is 29.6 Å². The van der Waals surface area contributed by atoms with Gasteiger partial charge in [-0.1, -0.05) is 50.2 Å². The van der Waals surface area contributed by atoms with Crippen LogP contribution >= 0.6 is 0 Å². The molecular formula is C20H24N2O2S. The largest absolute Gasteiger partial charge is 0.358 e. The van der Waals surface area contributed by atoms with Gasteiger partial charge in [-0.25, -0.2) is 13.1 Å². The third-order valence-corrected chi connectivity index (χ3v) is 6.22. The van der Waals surface area contributed by atoms with Gasteiger partial charge in [0.15, 0.2) is 0 Å². The summed E-state index contributed by atoms with van der Waals surface area (Å²) in [6.07, 6.45) is 0. The van der Waals surface area contributed by atoms with E-state index >= 15 is 0 Å². The van der Waals surface area contributed by atoms with Crippen molar-refractivity contribution < 1.29 is 8.42 Å². The van der Waals surface area contributed by atoms with Crippen LogP contribution in [0.3, 0.4) is 0 Å². The smallest absolute Gasteiger partial charge is 0.240 e. The first-order chi connectivity index (χ1) is 11.7. The molecule has 0 radical (unpaired) electrons. The maximum atomic E-state index is 12.7. The Morgan fingerprint density at radius 2 is 1.64 bits per heavy atom. The minimum absolute atomic E-state index is 0.326. The van der Waals surface area contributed by atoms with Gasteiger partial charge in [0, 0.05) is 28.6 Å². The fourth-order valence-corrected chi connectivity index (χ4v) is 4.90. The Morgan fingerprint density at radius 3 is 2.36 bits per heavy atom. The molecule has 0 bridgehead atoms. The van der Waals surface area contributed by atoms with Crippen LogP contribution in [0.25, 0.3) is 10.9 Å². The molecule has 5 heteroatoms. The maximum Gasteiger partial charge on any atom is 0.240 e. The molecule has 132 valence electrons. The molecular weight excluding hydrogens is 332 g/mol. The van der Waals surface area contributed by atoms with Gasteiger partial charge >= 0.3 is 0 Å². The Kier molecular flexibility index (Phi) is 4.47. The summed E-state index contributed by atoms with van der Waals surface area (Å²) >= 11 is 0. The van der Waals surface area contributed by atoms with Crippen LogP contribution in [-0.2, 0) is 15.4 Å². The van der Waals surface area contributed by atoms with Crippen molar-refractivity contribution in [3.05, 3.63) is 65.4 Å². The summed E-state index contributed by atoms with van der Waals surface area (Å²) in [6, 6.07) is 15.2. The van der Waals surface area contributed by atoms with Crippen LogP contribution in [0.15, 0.2) is 53.4 Å². The van der Waals surface area contributed by atoms with Gasteiger partial charge in [0.1, 0.15) is 0 Å². The number of sulfonamides is 1. The van der Waals surface area contributed by atoms with Crippen molar-refractivity contribution in [1.82, 2.24) is 9.71 Å². The summed E-state index contributed by atoms with van der Waals surface area (Å²) in [5, 5.41) is 1.14. The van der Waals surface area contributed by atoms with Crippen LogP contribution < -0.4 is 4.72 Å². The summed E-state index contributed by atoms with van der Waals surface area (Å²) in [4.78, 5) is 3.73. The number of nitrogens with one attached hydrogen (secondary N) is 2. The second kappa shape index (κ2) is 6.32. The van der Waals surface area contributed by atoms with E-state index < -0.39 is 10.0 Å². The summed E-state index contributed by atoms with van der Waals surface area (Å²) in [5.74, 6) is 0. The topological polar surface area (TPSA) is 62.0 Å². The number of aromatic nitrogens is 1. The summed E-state index contributed by atoms with van der Waals surface area (Å²) in [7, 11) is -3.54. The highest BCUT2D eigenvalue weighted by atomic mass is 32.2. The van der Waals surface area contributed by atoms with Crippen molar-refractivity contribution in [2.24, 2.45) is 0 Å². The summed E-state index contributed by atoms with van der Waals surface area (Å²) < 4.78 is 28.2. The third kappa shape index (κ3) is 3.34. The van der Waals surface area contributed by atoms with Gasteiger partial charge in [-0.15, -0.1) is 0 Å².